The fourth-order valence-electron chi connectivity index (χ4n) is 0.815. The van der Waals surface area contributed by atoms with Crippen LogP contribution in [0.25, 0.3) is 0 Å². The average Bonchev–Trinajstić information content (AvgIpc) is 2.57. The van der Waals surface area contributed by atoms with Gasteiger partial charge in [-0.25, -0.2) is 0 Å². The summed E-state index contributed by atoms with van der Waals surface area (Å²) in [5, 5.41) is 32.4. The van der Waals surface area contributed by atoms with Crippen molar-refractivity contribution < 1.29 is 34.8 Å². The molecule has 0 spiro atoms. The number of aliphatic carboxylic acids is 3. The van der Waals surface area contributed by atoms with Gasteiger partial charge >= 0.3 is 17.9 Å². The Morgan fingerprint density at radius 3 is 1.16 bits per heavy atom. The minimum atomic E-state index is -1.18. The van der Waals surface area contributed by atoms with E-state index in [1.54, 1.807) is 23.5 Å². The first-order valence-electron chi connectivity index (χ1n) is 7.08. The molecule has 0 aromatic rings. The summed E-state index contributed by atoms with van der Waals surface area (Å²) in [7, 11) is 0. The van der Waals surface area contributed by atoms with Gasteiger partial charge < -0.3 is 37.6 Å². The molecule has 0 rings (SSSR count). The Labute approximate surface area is 155 Å². The lowest BCUT2D eigenvalue weighted by atomic mass is 10.2. The molecule has 0 saturated carbocycles. The van der Waals surface area contributed by atoms with Gasteiger partial charge in [-0.2, -0.15) is 23.5 Å². The predicted molar refractivity (Wildman–Crippen MR) is 99.9 cm³/mol. The van der Waals surface area contributed by atoms with Crippen molar-refractivity contribution in [2.75, 3.05) is 30.6 Å². The van der Waals surface area contributed by atoms with Gasteiger partial charge in [0.15, 0.2) is 0 Å². The maximum Gasteiger partial charge on any atom is 0.322 e. The highest BCUT2D eigenvalue weighted by atomic mass is 32.2. The van der Waals surface area contributed by atoms with Crippen LogP contribution in [0, 0.1) is 0 Å². The molecule has 0 aromatic carbocycles. The Morgan fingerprint density at radius 2 is 1.04 bits per heavy atom. The minimum absolute atomic E-state index is 0.505. The summed E-state index contributed by atoms with van der Waals surface area (Å²) in [6, 6.07) is -2.49. The van der Waals surface area contributed by atoms with E-state index in [-0.39, 0.29) is 0 Å². The second kappa shape index (κ2) is 19.3. The summed E-state index contributed by atoms with van der Waals surface area (Å²) in [6.45, 7) is -0.505. The largest absolute Gasteiger partial charge is 0.480 e. The monoisotopic (exact) mass is 403 g/mol. The van der Waals surface area contributed by atoms with Gasteiger partial charge in [-0.3, -0.25) is 14.4 Å². The highest BCUT2D eigenvalue weighted by Crippen LogP contribution is 1.98. The van der Waals surface area contributed by atoms with E-state index in [0.29, 0.717) is 12.8 Å². The smallest absolute Gasteiger partial charge is 0.322 e. The summed E-state index contributed by atoms with van der Waals surface area (Å²) in [6.07, 6.45) is 4.95. The third kappa shape index (κ3) is 22.9. The second-order valence-electron chi connectivity index (χ2n) is 4.58. The van der Waals surface area contributed by atoms with Crippen LogP contribution < -0.4 is 17.2 Å². The number of thioether (sulfide) groups is 2. The van der Waals surface area contributed by atoms with E-state index in [1.807, 2.05) is 12.5 Å². The molecule has 10 N–H and O–H groups in total. The van der Waals surface area contributed by atoms with Crippen LogP contribution in [0.3, 0.4) is 0 Å². The van der Waals surface area contributed by atoms with Crippen LogP contribution in [-0.2, 0) is 14.4 Å². The van der Waals surface area contributed by atoms with Crippen LogP contribution >= 0.6 is 23.5 Å². The van der Waals surface area contributed by atoms with Gasteiger partial charge in [0, 0.05) is 0 Å². The number of aliphatic hydroxyl groups is 1. The Kier molecular flexibility index (Phi) is 22.2. The molecule has 0 bridgehead atoms. The summed E-state index contributed by atoms with van der Waals surface area (Å²) >= 11 is 3.21. The molecule has 0 saturated heterocycles. The molecule has 0 aliphatic heterocycles. The normalized spacial score (nSPS) is 13.2. The molecule has 0 heterocycles. The average molecular weight is 404 g/mol. The van der Waals surface area contributed by atoms with Crippen molar-refractivity contribution >= 4 is 41.4 Å². The number of aliphatic hydroxyl groups excluding tert-OH is 1. The Bertz CT molecular complexity index is 352. The zero-order valence-electron chi connectivity index (χ0n) is 14.3. The molecule has 150 valence electrons. The Morgan fingerprint density at radius 1 is 0.760 bits per heavy atom. The fraction of sp³-hybridized carbons (Fsp3) is 0.769. The van der Waals surface area contributed by atoms with E-state index >= 15 is 0 Å². The Hall–Kier alpha value is -1.05. The van der Waals surface area contributed by atoms with Crippen LogP contribution in [0.1, 0.15) is 12.8 Å². The number of carboxylic acids is 3. The SMILES string of the molecule is CSCCC(N)C(=O)O.CSCCC(N)C(=O)O.NC(CO)C(=O)O. The van der Waals surface area contributed by atoms with Gasteiger partial charge in [0.1, 0.15) is 18.1 Å². The van der Waals surface area contributed by atoms with Gasteiger partial charge in [-0.1, -0.05) is 0 Å². The first-order valence-corrected chi connectivity index (χ1v) is 9.87. The molecule has 3 unspecified atom stereocenters. The summed E-state index contributed by atoms with van der Waals surface area (Å²) in [5.41, 5.74) is 15.1. The number of rotatable bonds is 10. The molecule has 0 radical (unpaired) electrons. The highest BCUT2D eigenvalue weighted by molar-refractivity contribution is 7.98. The summed E-state index contributed by atoms with van der Waals surface area (Å²) < 4.78 is 0. The van der Waals surface area contributed by atoms with Crippen molar-refractivity contribution in [3.05, 3.63) is 0 Å². The molecule has 3 atom stereocenters. The zero-order chi connectivity index (χ0) is 20.4. The van der Waals surface area contributed by atoms with Crippen molar-refractivity contribution in [1.29, 1.82) is 0 Å². The van der Waals surface area contributed by atoms with Crippen LogP contribution in [0.2, 0.25) is 0 Å². The predicted octanol–water partition coefficient (Wildman–Crippen LogP) is -1.31. The third-order valence-electron chi connectivity index (χ3n) is 2.41. The molecule has 0 amide bonds. The van der Waals surface area contributed by atoms with Gasteiger partial charge in [0.25, 0.3) is 0 Å². The van der Waals surface area contributed by atoms with Crippen molar-refractivity contribution in [2.45, 2.75) is 31.0 Å². The van der Waals surface area contributed by atoms with Crippen LogP contribution in [-0.4, -0.2) is 87.1 Å². The number of hydrogen-bond donors (Lipinski definition) is 7. The number of carboxylic acid groups (broad SMARTS) is 3. The molecule has 0 fully saturated rings. The molecule has 0 aromatic heterocycles. The minimum Gasteiger partial charge on any atom is -0.480 e. The van der Waals surface area contributed by atoms with Crippen molar-refractivity contribution in [2.24, 2.45) is 17.2 Å². The van der Waals surface area contributed by atoms with Gasteiger partial charge in [-0.15, -0.1) is 0 Å². The van der Waals surface area contributed by atoms with Gasteiger partial charge in [0.2, 0.25) is 0 Å². The van der Waals surface area contributed by atoms with E-state index in [1.165, 1.54) is 0 Å². The fourth-order valence-corrected chi connectivity index (χ4v) is 1.79. The van der Waals surface area contributed by atoms with Gasteiger partial charge in [-0.05, 0) is 36.9 Å². The molecular weight excluding hydrogens is 374 g/mol. The van der Waals surface area contributed by atoms with Crippen molar-refractivity contribution in [3.8, 4) is 0 Å². The van der Waals surface area contributed by atoms with E-state index < -0.39 is 42.6 Å². The maximum absolute atomic E-state index is 10.1. The van der Waals surface area contributed by atoms with Crippen LogP contribution in [0.5, 0.6) is 0 Å². The van der Waals surface area contributed by atoms with Gasteiger partial charge in [0.05, 0.1) is 6.61 Å². The molecule has 25 heavy (non-hydrogen) atoms. The van der Waals surface area contributed by atoms with Crippen LogP contribution in [0.15, 0.2) is 0 Å². The van der Waals surface area contributed by atoms with E-state index in [0.717, 1.165) is 11.5 Å². The number of carbonyl (C=O) groups is 3. The lowest BCUT2D eigenvalue weighted by Crippen LogP contribution is -2.33. The standard InChI is InChI=1S/2C5H11NO2S.C3H7NO3/c2*1-9-3-2-4(6)5(7)8;4-2(1-5)3(6)7/h2*4H,2-3,6H2,1H3,(H,7,8);2,5H,1,4H2,(H,6,7). The molecule has 10 nitrogen and oxygen atoms in total. The number of hydrogen-bond acceptors (Lipinski definition) is 9. The molecule has 0 aliphatic carbocycles. The quantitative estimate of drug-likeness (QED) is 0.227. The van der Waals surface area contributed by atoms with Crippen molar-refractivity contribution in [1.82, 2.24) is 0 Å². The Balaban J connectivity index is -0.000000293. The topological polar surface area (TPSA) is 210 Å². The van der Waals surface area contributed by atoms with E-state index in [4.69, 9.17) is 37.6 Å². The number of nitrogens with two attached hydrogens (primary N) is 3. The van der Waals surface area contributed by atoms with E-state index in [2.05, 4.69) is 0 Å². The first-order chi connectivity index (χ1) is 11.5. The third-order valence-corrected chi connectivity index (χ3v) is 3.70. The molecular formula is C13H29N3O7S2. The second-order valence-corrected chi connectivity index (χ2v) is 6.55. The highest BCUT2D eigenvalue weighted by Gasteiger charge is 2.09. The lowest BCUT2D eigenvalue weighted by Gasteiger charge is -2.02. The maximum atomic E-state index is 10.1. The summed E-state index contributed by atoms with van der Waals surface area (Å²) in [4.78, 5) is 29.8. The first kappa shape index (κ1) is 28.7. The molecule has 12 heteroatoms. The van der Waals surface area contributed by atoms with E-state index in [9.17, 15) is 14.4 Å². The van der Waals surface area contributed by atoms with Crippen LogP contribution in [0.4, 0.5) is 0 Å². The molecule has 0 aliphatic rings. The lowest BCUT2D eigenvalue weighted by molar-refractivity contribution is -0.140. The summed E-state index contributed by atoms with van der Waals surface area (Å²) in [5.74, 6) is -1.38. The van der Waals surface area contributed by atoms with Crippen molar-refractivity contribution in [3.63, 3.8) is 0 Å². The zero-order valence-corrected chi connectivity index (χ0v) is 16.0.